The van der Waals surface area contributed by atoms with Crippen LogP contribution in [0.25, 0.3) is 0 Å². The second kappa shape index (κ2) is 5.77. The molecule has 18 heavy (non-hydrogen) atoms. The van der Waals surface area contributed by atoms with Gasteiger partial charge >= 0.3 is 0 Å². The smallest absolute Gasteiger partial charge is 0.101 e. The van der Waals surface area contributed by atoms with E-state index in [2.05, 4.69) is 17.9 Å². The monoisotopic (exact) mass is 243 g/mol. The normalized spacial score (nSPS) is 20.2. The lowest BCUT2D eigenvalue weighted by Gasteiger charge is -2.31. The fraction of sp³-hybridized carbons (Fsp3) is 0.533. The SMILES string of the molecule is CCC1CCCCCN1c1ccc(N)c(C#N)c1. The van der Waals surface area contributed by atoms with Crippen LogP contribution in [0.2, 0.25) is 0 Å². The number of hydrogen-bond donors (Lipinski definition) is 1. The van der Waals surface area contributed by atoms with Gasteiger partial charge in [0.1, 0.15) is 6.07 Å². The van der Waals surface area contributed by atoms with Crippen molar-refractivity contribution in [2.45, 2.75) is 45.1 Å². The van der Waals surface area contributed by atoms with Gasteiger partial charge < -0.3 is 10.6 Å². The van der Waals surface area contributed by atoms with Crippen molar-refractivity contribution in [2.24, 2.45) is 0 Å². The van der Waals surface area contributed by atoms with Crippen LogP contribution in [0.3, 0.4) is 0 Å². The van der Waals surface area contributed by atoms with Crippen molar-refractivity contribution in [3.63, 3.8) is 0 Å². The fourth-order valence-electron chi connectivity index (χ4n) is 2.76. The maximum Gasteiger partial charge on any atom is 0.101 e. The van der Waals surface area contributed by atoms with E-state index in [1.54, 1.807) is 0 Å². The highest BCUT2D eigenvalue weighted by atomic mass is 15.2. The van der Waals surface area contributed by atoms with Gasteiger partial charge in [0, 0.05) is 24.0 Å². The first-order valence-electron chi connectivity index (χ1n) is 6.82. The van der Waals surface area contributed by atoms with E-state index >= 15 is 0 Å². The minimum atomic E-state index is 0.573. The summed E-state index contributed by atoms with van der Waals surface area (Å²) in [6, 6.07) is 8.60. The first-order valence-corrected chi connectivity index (χ1v) is 6.82. The number of nitrogens with zero attached hydrogens (tertiary/aromatic N) is 2. The summed E-state index contributed by atoms with van der Waals surface area (Å²) in [5.41, 5.74) is 8.10. The molecule has 1 aromatic carbocycles. The molecule has 0 saturated carbocycles. The molecule has 3 heteroatoms. The van der Waals surface area contributed by atoms with E-state index in [0.29, 0.717) is 17.3 Å². The van der Waals surface area contributed by atoms with Gasteiger partial charge in [-0.25, -0.2) is 0 Å². The molecule has 1 fully saturated rings. The zero-order valence-electron chi connectivity index (χ0n) is 11.0. The minimum Gasteiger partial charge on any atom is -0.398 e. The summed E-state index contributed by atoms with van der Waals surface area (Å²) in [6.45, 7) is 3.33. The Balaban J connectivity index is 2.30. The molecule has 1 aromatic rings. The topological polar surface area (TPSA) is 53.0 Å². The van der Waals surface area contributed by atoms with Gasteiger partial charge in [-0.15, -0.1) is 0 Å². The van der Waals surface area contributed by atoms with Crippen LogP contribution >= 0.6 is 0 Å². The predicted molar refractivity (Wildman–Crippen MR) is 75.5 cm³/mol. The number of nitrogens with two attached hydrogens (primary N) is 1. The molecule has 1 saturated heterocycles. The Hall–Kier alpha value is -1.69. The van der Waals surface area contributed by atoms with Gasteiger partial charge in [-0.3, -0.25) is 0 Å². The standard InChI is InChI=1S/C15H21N3/c1-2-13-6-4-3-5-9-18(13)14-7-8-15(17)12(10-14)11-16/h7-8,10,13H,2-6,9,17H2,1H3. The molecule has 2 N–H and O–H groups in total. The molecule has 1 heterocycles. The van der Waals surface area contributed by atoms with Gasteiger partial charge in [0.25, 0.3) is 0 Å². The summed E-state index contributed by atoms with van der Waals surface area (Å²) in [5, 5.41) is 9.07. The van der Waals surface area contributed by atoms with E-state index < -0.39 is 0 Å². The van der Waals surface area contributed by atoms with Gasteiger partial charge in [0.05, 0.1) is 5.56 Å². The average Bonchev–Trinajstić information content (AvgIpc) is 2.64. The molecule has 1 aliphatic rings. The first-order chi connectivity index (χ1) is 8.76. The lowest BCUT2D eigenvalue weighted by molar-refractivity contribution is 0.556. The summed E-state index contributed by atoms with van der Waals surface area (Å²) in [4.78, 5) is 2.45. The minimum absolute atomic E-state index is 0.573. The molecule has 1 unspecified atom stereocenters. The van der Waals surface area contributed by atoms with Crippen molar-refractivity contribution in [2.75, 3.05) is 17.2 Å². The van der Waals surface area contributed by atoms with Gasteiger partial charge in [-0.05, 0) is 37.5 Å². The molecular weight excluding hydrogens is 222 g/mol. The van der Waals surface area contributed by atoms with Gasteiger partial charge in [0.2, 0.25) is 0 Å². The van der Waals surface area contributed by atoms with Crippen LogP contribution in [0, 0.1) is 11.3 Å². The number of benzene rings is 1. The third kappa shape index (κ3) is 2.59. The van der Waals surface area contributed by atoms with Gasteiger partial charge in [-0.2, -0.15) is 5.26 Å². The highest BCUT2D eigenvalue weighted by Gasteiger charge is 2.20. The molecule has 0 aliphatic carbocycles. The van der Waals surface area contributed by atoms with Crippen LogP contribution in [0.5, 0.6) is 0 Å². The van der Waals surface area contributed by atoms with Crippen molar-refractivity contribution in [1.29, 1.82) is 5.26 Å². The summed E-state index contributed by atoms with van der Waals surface area (Å²) < 4.78 is 0. The van der Waals surface area contributed by atoms with Crippen LogP contribution < -0.4 is 10.6 Å². The van der Waals surface area contributed by atoms with Crippen molar-refractivity contribution < 1.29 is 0 Å². The van der Waals surface area contributed by atoms with E-state index in [0.717, 1.165) is 18.7 Å². The second-order valence-corrected chi connectivity index (χ2v) is 4.99. The Morgan fingerprint density at radius 3 is 2.94 bits per heavy atom. The molecule has 1 atom stereocenters. The van der Waals surface area contributed by atoms with Crippen molar-refractivity contribution in [3.8, 4) is 6.07 Å². The Morgan fingerprint density at radius 2 is 2.22 bits per heavy atom. The molecular formula is C15H21N3. The molecule has 0 amide bonds. The van der Waals surface area contributed by atoms with E-state index in [1.165, 1.54) is 25.7 Å². The molecule has 96 valence electrons. The third-order valence-electron chi connectivity index (χ3n) is 3.84. The zero-order valence-corrected chi connectivity index (χ0v) is 11.0. The van der Waals surface area contributed by atoms with Crippen molar-refractivity contribution in [1.82, 2.24) is 0 Å². The largest absolute Gasteiger partial charge is 0.398 e. The summed E-state index contributed by atoms with van der Waals surface area (Å²) in [7, 11) is 0. The molecule has 3 nitrogen and oxygen atoms in total. The second-order valence-electron chi connectivity index (χ2n) is 4.99. The maximum absolute atomic E-state index is 9.07. The lowest BCUT2D eigenvalue weighted by Crippen LogP contribution is -2.34. The first kappa shape index (κ1) is 12.8. The molecule has 0 aromatic heterocycles. The zero-order chi connectivity index (χ0) is 13.0. The predicted octanol–water partition coefficient (Wildman–Crippen LogP) is 3.30. The van der Waals surface area contributed by atoms with Crippen LogP contribution in [0.4, 0.5) is 11.4 Å². The average molecular weight is 243 g/mol. The van der Waals surface area contributed by atoms with E-state index in [1.807, 2.05) is 18.2 Å². The molecule has 0 radical (unpaired) electrons. The Morgan fingerprint density at radius 1 is 1.39 bits per heavy atom. The Labute approximate surface area is 109 Å². The number of nitriles is 1. The molecule has 0 bridgehead atoms. The molecule has 0 spiro atoms. The summed E-state index contributed by atoms with van der Waals surface area (Å²) in [6.07, 6.45) is 6.28. The fourth-order valence-corrected chi connectivity index (χ4v) is 2.76. The van der Waals surface area contributed by atoms with Crippen molar-refractivity contribution >= 4 is 11.4 Å². The van der Waals surface area contributed by atoms with E-state index in [-0.39, 0.29) is 0 Å². The maximum atomic E-state index is 9.07. The van der Waals surface area contributed by atoms with Crippen LogP contribution in [0.15, 0.2) is 18.2 Å². The summed E-state index contributed by atoms with van der Waals surface area (Å²) in [5.74, 6) is 0. The highest BCUT2D eigenvalue weighted by molar-refractivity contribution is 5.63. The van der Waals surface area contributed by atoms with Crippen molar-refractivity contribution in [3.05, 3.63) is 23.8 Å². The van der Waals surface area contributed by atoms with Crippen LogP contribution in [-0.2, 0) is 0 Å². The third-order valence-corrected chi connectivity index (χ3v) is 3.84. The van der Waals surface area contributed by atoms with E-state index in [9.17, 15) is 0 Å². The molecule has 1 aliphatic heterocycles. The van der Waals surface area contributed by atoms with E-state index in [4.69, 9.17) is 11.0 Å². The number of nitrogen functional groups attached to an aromatic ring is 1. The number of hydrogen-bond acceptors (Lipinski definition) is 3. The summed E-state index contributed by atoms with van der Waals surface area (Å²) >= 11 is 0. The van der Waals surface area contributed by atoms with Crippen LogP contribution in [0.1, 0.15) is 44.6 Å². The number of anilines is 2. The van der Waals surface area contributed by atoms with Gasteiger partial charge in [0.15, 0.2) is 0 Å². The molecule has 2 rings (SSSR count). The van der Waals surface area contributed by atoms with Crippen LogP contribution in [-0.4, -0.2) is 12.6 Å². The highest BCUT2D eigenvalue weighted by Crippen LogP contribution is 2.28. The Kier molecular flexibility index (Phi) is 4.09. The quantitative estimate of drug-likeness (QED) is 0.811. The Bertz CT molecular complexity index is 448. The lowest BCUT2D eigenvalue weighted by atomic mass is 10.1. The number of rotatable bonds is 2. The van der Waals surface area contributed by atoms with Gasteiger partial charge in [-0.1, -0.05) is 19.8 Å².